The number of ether oxygens (including phenoxy) is 1. The van der Waals surface area contributed by atoms with E-state index in [0.717, 1.165) is 31.5 Å². The van der Waals surface area contributed by atoms with Crippen LogP contribution in [0.1, 0.15) is 19.3 Å². The highest BCUT2D eigenvalue weighted by Crippen LogP contribution is 2.48. The minimum atomic E-state index is -0.261. The zero-order valence-corrected chi connectivity index (χ0v) is 22.0. The molecule has 1 aromatic carbocycles. The number of hydrogen-bond acceptors (Lipinski definition) is 8. The minimum absolute atomic E-state index is 0.0212. The number of carbonyl (C=O) groups excluding carboxylic acids is 3. The third-order valence-electron chi connectivity index (χ3n) is 7.48. The predicted molar refractivity (Wildman–Crippen MR) is 146 cm³/mol. The smallest absolute Gasteiger partial charge is 0.326 e. The third kappa shape index (κ3) is 4.97. The second-order valence-electron chi connectivity index (χ2n) is 9.88. The second-order valence-corrected chi connectivity index (χ2v) is 11.0. The Kier molecular flexibility index (Phi) is 6.96. The van der Waals surface area contributed by atoms with Crippen LogP contribution in [0.5, 0.6) is 11.6 Å². The van der Waals surface area contributed by atoms with E-state index in [1.165, 1.54) is 17.8 Å². The molecule has 4 aliphatic heterocycles. The van der Waals surface area contributed by atoms with Crippen molar-refractivity contribution in [3.63, 3.8) is 0 Å². The molecular weight excluding hydrogens is 518 g/mol. The zero-order chi connectivity index (χ0) is 26.9. The van der Waals surface area contributed by atoms with Crippen molar-refractivity contribution in [2.75, 3.05) is 24.5 Å². The van der Waals surface area contributed by atoms with Gasteiger partial charge in [-0.25, -0.2) is 4.79 Å². The third-order valence-corrected chi connectivity index (χ3v) is 8.83. The summed E-state index contributed by atoms with van der Waals surface area (Å²) in [4.78, 5) is 43.0. The summed E-state index contributed by atoms with van der Waals surface area (Å²) in [6.45, 7) is 5.42. The topological polar surface area (TPSA) is 129 Å². The van der Waals surface area contributed by atoms with Crippen LogP contribution in [0.25, 0.3) is 0 Å². The van der Waals surface area contributed by atoms with Crippen molar-refractivity contribution in [3.05, 3.63) is 65.9 Å². The zero-order valence-electron chi connectivity index (χ0n) is 21.2. The first-order valence-electron chi connectivity index (χ1n) is 13.0. The van der Waals surface area contributed by atoms with Crippen molar-refractivity contribution in [2.24, 2.45) is 5.92 Å². The summed E-state index contributed by atoms with van der Waals surface area (Å²) < 4.78 is 5.74. The molecule has 39 heavy (non-hydrogen) atoms. The van der Waals surface area contributed by atoms with Gasteiger partial charge in [0.05, 0.1) is 16.3 Å². The molecule has 0 aliphatic carbocycles. The molecule has 0 spiro atoms. The molecule has 202 valence electrons. The Labute approximate surface area is 230 Å². The summed E-state index contributed by atoms with van der Waals surface area (Å²) >= 11 is 1.47. The number of thioether (sulfide) groups is 1. The van der Waals surface area contributed by atoms with Crippen LogP contribution in [0, 0.1) is 5.92 Å². The Balaban J connectivity index is 1.19. The summed E-state index contributed by atoms with van der Waals surface area (Å²) in [7, 11) is 0. The summed E-state index contributed by atoms with van der Waals surface area (Å²) in [5.74, 6) is 0.591. The van der Waals surface area contributed by atoms with Crippen LogP contribution in [-0.2, 0) is 9.59 Å². The van der Waals surface area contributed by atoms with Gasteiger partial charge in [-0.15, -0.1) is 5.10 Å². The van der Waals surface area contributed by atoms with Gasteiger partial charge in [0.15, 0.2) is 0 Å². The number of benzene rings is 1. The first-order valence-corrected chi connectivity index (χ1v) is 13.9. The maximum atomic E-state index is 13.4. The Morgan fingerprint density at radius 1 is 1.21 bits per heavy atom. The highest BCUT2D eigenvalue weighted by Gasteiger charge is 2.51. The highest BCUT2D eigenvalue weighted by atomic mass is 32.2. The first-order chi connectivity index (χ1) is 19.0. The molecule has 0 saturated carbocycles. The van der Waals surface area contributed by atoms with Crippen LogP contribution >= 0.6 is 11.8 Å². The van der Waals surface area contributed by atoms with Gasteiger partial charge < -0.3 is 25.6 Å². The Morgan fingerprint density at radius 2 is 2.05 bits per heavy atom. The largest absolute Gasteiger partial charge is 0.438 e. The SMILES string of the molecule is C=CC(=O)N1CCC[C@@H](NC(=O)C2=C3NC(=O)N(c4ccc(Oc5cccnn5)cc4)C4CCNC(S2)C34)C1. The van der Waals surface area contributed by atoms with E-state index in [2.05, 4.69) is 32.7 Å². The van der Waals surface area contributed by atoms with Gasteiger partial charge >= 0.3 is 6.03 Å². The number of anilines is 1. The maximum Gasteiger partial charge on any atom is 0.326 e. The lowest BCUT2D eigenvalue weighted by atomic mass is 9.86. The van der Waals surface area contributed by atoms with Gasteiger partial charge in [-0.1, -0.05) is 18.3 Å². The standard InChI is InChI=1S/C27H29N7O4S/c1-2-21(35)33-14-4-5-16(15-33)30-25(36)24-23-22-19(11-13-28-26(22)39-24)34(27(37)31-23)17-7-9-18(10-8-17)38-20-6-3-12-29-32-20/h2-3,6-10,12,16,19,22,26,28H,1,4-5,11,13-15H2,(H,30,36)(H,31,37)/t16-,19?,22?,26?/m1/s1. The van der Waals surface area contributed by atoms with Gasteiger partial charge in [-0.3, -0.25) is 14.5 Å². The first kappa shape index (κ1) is 25.4. The molecule has 0 bridgehead atoms. The molecule has 12 heteroatoms. The molecule has 4 atom stereocenters. The Bertz CT molecular complexity index is 1320. The summed E-state index contributed by atoms with van der Waals surface area (Å²) in [5, 5.41) is 17.4. The molecule has 4 amide bonds. The number of rotatable bonds is 6. The number of nitrogens with zero attached hydrogens (tertiary/aromatic N) is 4. The molecule has 11 nitrogen and oxygen atoms in total. The molecule has 3 unspecified atom stereocenters. The van der Waals surface area contributed by atoms with Crippen LogP contribution < -0.4 is 25.6 Å². The number of carbonyl (C=O) groups is 3. The van der Waals surface area contributed by atoms with Gasteiger partial charge in [0.2, 0.25) is 11.8 Å². The predicted octanol–water partition coefficient (Wildman–Crippen LogP) is 2.35. The van der Waals surface area contributed by atoms with Crippen molar-refractivity contribution in [1.29, 1.82) is 0 Å². The lowest BCUT2D eigenvalue weighted by Gasteiger charge is -2.45. The van der Waals surface area contributed by atoms with Crippen LogP contribution in [0.15, 0.2) is 65.9 Å². The molecule has 4 aliphatic rings. The van der Waals surface area contributed by atoms with Crippen LogP contribution in [0.3, 0.4) is 0 Å². The number of piperidine rings is 2. The second kappa shape index (κ2) is 10.7. The van der Waals surface area contributed by atoms with E-state index in [1.807, 2.05) is 12.1 Å². The van der Waals surface area contributed by atoms with Crippen molar-refractivity contribution >= 4 is 35.3 Å². The van der Waals surface area contributed by atoms with E-state index in [0.29, 0.717) is 35.3 Å². The molecule has 3 saturated heterocycles. The van der Waals surface area contributed by atoms with E-state index < -0.39 is 0 Å². The quantitative estimate of drug-likeness (QED) is 0.470. The van der Waals surface area contributed by atoms with Crippen molar-refractivity contribution in [3.8, 4) is 11.6 Å². The van der Waals surface area contributed by atoms with Crippen molar-refractivity contribution in [2.45, 2.75) is 36.7 Å². The normalized spacial score (nSPS) is 26.0. The average Bonchev–Trinajstić information content (AvgIpc) is 3.33. The van der Waals surface area contributed by atoms with Crippen LogP contribution in [0.4, 0.5) is 10.5 Å². The van der Waals surface area contributed by atoms with Gasteiger partial charge in [-0.05, 0) is 62.2 Å². The monoisotopic (exact) mass is 547 g/mol. The van der Waals surface area contributed by atoms with Crippen molar-refractivity contribution < 1.29 is 19.1 Å². The fourth-order valence-electron chi connectivity index (χ4n) is 5.74. The molecular formula is C27H29N7O4S. The molecule has 3 N–H and O–H groups in total. The minimum Gasteiger partial charge on any atom is -0.438 e. The number of hydrogen-bond donors (Lipinski definition) is 3. The van der Waals surface area contributed by atoms with Gasteiger partial charge in [-0.2, -0.15) is 5.10 Å². The van der Waals surface area contributed by atoms with E-state index in [-0.39, 0.29) is 41.2 Å². The fourth-order valence-corrected chi connectivity index (χ4v) is 7.13. The van der Waals surface area contributed by atoms with E-state index >= 15 is 0 Å². The molecule has 3 fully saturated rings. The van der Waals surface area contributed by atoms with Crippen molar-refractivity contribution in [1.82, 2.24) is 31.0 Å². The van der Waals surface area contributed by atoms with Crippen LogP contribution in [-0.4, -0.2) is 70.0 Å². The molecule has 2 aromatic rings. The van der Waals surface area contributed by atoms with E-state index in [1.54, 1.807) is 40.3 Å². The molecule has 1 aromatic heterocycles. The Hall–Kier alpha value is -3.90. The number of urea groups is 1. The van der Waals surface area contributed by atoms with Crippen LogP contribution in [0.2, 0.25) is 0 Å². The highest BCUT2D eigenvalue weighted by molar-refractivity contribution is 8.04. The number of likely N-dealkylation sites (tertiary alicyclic amines) is 1. The number of amides is 4. The van der Waals surface area contributed by atoms with Gasteiger partial charge in [0, 0.05) is 48.7 Å². The Morgan fingerprint density at radius 3 is 2.82 bits per heavy atom. The fraction of sp³-hybridized carbons (Fsp3) is 0.370. The maximum absolute atomic E-state index is 13.4. The number of nitrogens with one attached hydrogen (secondary N) is 3. The summed E-state index contributed by atoms with van der Waals surface area (Å²) in [6, 6.07) is 10.3. The lowest BCUT2D eigenvalue weighted by molar-refractivity contribution is -0.128. The van der Waals surface area contributed by atoms with E-state index in [9.17, 15) is 14.4 Å². The average molecular weight is 548 g/mol. The summed E-state index contributed by atoms with van der Waals surface area (Å²) in [5.41, 5.74) is 1.43. The summed E-state index contributed by atoms with van der Waals surface area (Å²) in [6.07, 6.45) is 5.25. The van der Waals surface area contributed by atoms with E-state index in [4.69, 9.17) is 4.74 Å². The molecule has 0 radical (unpaired) electrons. The number of aromatic nitrogens is 2. The molecule has 5 heterocycles. The van der Waals surface area contributed by atoms with Gasteiger partial charge in [0.1, 0.15) is 5.75 Å². The molecule has 6 rings (SSSR count). The van der Waals surface area contributed by atoms with Gasteiger partial charge in [0.25, 0.3) is 5.91 Å². The lowest BCUT2D eigenvalue weighted by Crippen LogP contribution is -2.62.